The molecule has 0 aliphatic rings. The van der Waals surface area contributed by atoms with Crippen molar-refractivity contribution in [1.82, 2.24) is 10.3 Å². The Kier molecular flexibility index (Phi) is 8.19. The molecule has 1 aromatic heterocycles. The molecule has 1 atom stereocenters. The van der Waals surface area contributed by atoms with Crippen molar-refractivity contribution in [3.63, 3.8) is 0 Å². The monoisotopic (exact) mass is 402 g/mol. The molecular weight excluding hydrogens is 376 g/mol. The maximum Gasteiger partial charge on any atom is 0.328 e. The van der Waals surface area contributed by atoms with E-state index in [0.29, 0.717) is 18.8 Å². The van der Waals surface area contributed by atoms with Crippen LogP contribution in [0.2, 0.25) is 0 Å². The number of amides is 1. The van der Waals surface area contributed by atoms with Crippen molar-refractivity contribution in [3.8, 4) is 5.75 Å². The van der Waals surface area contributed by atoms with Crippen molar-refractivity contribution in [1.29, 1.82) is 0 Å². The molecule has 1 amide bonds. The first kappa shape index (κ1) is 21.6. The molecule has 150 valence electrons. The quantitative estimate of drug-likeness (QED) is 0.511. The summed E-state index contributed by atoms with van der Waals surface area (Å²) in [5.74, 6) is 0.160. The van der Waals surface area contributed by atoms with E-state index in [1.807, 2.05) is 50.4 Å². The number of rotatable bonds is 9. The molecular formula is C21H26N2O4S. The molecule has 2 rings (SSSR count). The Morgan fingerprint density at radius 1 is 1.32 bits per heavy atom. The zero-order chi connectivity index (χ0) is 20.5. The standard InChI is InChI=1S/C21H26N2O4S/c1-14(2)10-19(21(25)26-4)23-20(24)9-8-16-6-5-7-18(11-16)27-12-17-13-28-15(3)22-17/h5-9,11,13-14,19H,10,12H2,1-4H3,(H,23,24)/b9-8+. The van der Waals surface area contributed by atoms with Gasteiger partial charge in [0.25, 0.3) is 0 Å². The van der Waals surface area contributed by atoms with Crippen LogP contribution >= 0.6 is 11.3 Å². The molecule has 0 saturated heterocycles. The van der Waals surface area contributed by atoms with Gasteiger partial charge in [-0.15, -0.1) is 11.3 Å². The van der Waals surface area contributed by atoms with Gasteiger partial charge >= 0.3 is 5.97 Å². The number of benzene rings is 1. The van der Waals surface area contributed by atoms with Crippen LogP contribution in [0.4, 0.5) is 0 Å². The highest BCUT2D eigenvalue weighted by molar-refractivity contribution is 7.09. The third-order valence-corrected chi connectivity index (χ3v) is 4.67. The van der Waals surface area contributed by atoms with E-state index in [1.54, 1.807) is 17.4 Å². The van der Waals surface area contributed by atoms with Crippen LogP contribution in [0.3, 0.4) is 0 Å². The number of hydrogen-bond donors (Lipinski definition) is 1. The second kappa shape index (κ2) is 10.6. The minimum atomic E-state index is -0.654. The summed E-state index contributed by atoms with van der Waals surface area (Å²) in [6, 6.07) is 6.77. The fourth-order valence-electron chi connectivity index (χ4n) is 2.56. The third kappa shape index (κ3) is 7.15. The van der Waals surface area contributed by atoms with E-state index in [0.717, 1.165) is 16.3 Å². The second-order valence-electron chi connectivity index (χ2n) is 6.77. The normalized spacial score (nSPS) is 12.2. The van der Waals surface area contributed by atoms with Gasteiger partial charge in [-0.05, 0) is 43.0 Å². The fraction of sp³-hybridized carbons (Fsp3) is 0.381. The van der Waals surface area contributed by atoms with E-state index in [2.05, 4.69) is 10.3 Å². The van der Waals surface area contributed by atoms with Crippen LogP contribution in [-0.2, 0) is 20.9 Å². The Labute approximate surface area is 169 Å². The molecule has 6 nitrogen and oxygen atoms in total. The topological polar surface area (TPSA) is 77.5 Å². The number of carbonyl (C=O) groups is 2. The Hall–Kier alpha value is -2.67. The molecule has 1 aromatic carbocycles. The van der Waals surface area contributed by atoms with Gasteiger partial charge in [-0.3, -0.25) is 4.79 Å². The Bertz CT molecular complexity index is 829. The molecule has 1 unspecified atom stereocenters. The fourth-order valence-corrected chi connectivity index (χ4v) is 3.16. The van der Waals surface area contributed by atoms with Gasteiger partial charge in [0.05, 0.1) is 17.8 Å². The van der Waals surface area contributed by atoms with Crippen LogP contribution in [0.25, 0.3) is 6.08 Å². The Morgan fingerprint density at radius 2 is 2.11 bits per heavy atom. The van der Waals surface area contributed by atoms with Crippen molar-refractivity contribution < 1.29 is 19.1 Å². The molecule has 7 heteroatoms. The van der Waals surface area contributed by atoms with E-state index in [9.17, 15) is 9.59 Å². The number of methoxy groups -OCH3 is 1. The zero-order valence-electron chi connectivity index (χ0n) is 16.6. The molecule has 2 aromatic rings. The number of nitrogens with one attached hydrogen (secondary N) is 1. The highest BCUT2D eigenvalue weighted by atomic mass is 32.1. The predicted molar refractivity (Wildman–Crippen MR) is 110 cm³/mol. The van der Waals surface area contributed by atoms with Crippen LogP contribution in [0.5, 0.6) is 5.75 Å². The van der Waals surface area contributed by atoms with Crippen LogP contribution in [-0.4, -0.2) is 30.0 Å². The summed E-state index contributed by atoms with van der Waals surface area (Å²) in [6.07, 6.45) is 3.60. The number of esters is 1. The van der Waals surface area contributed by atoms with Crippen LogP contribution in [0, 0.1) is 12.8 Å². The Morgan fingerprint density at radius 3 is 2.75 bits per heavy atom. The average molecular weight is 403 g/mol. The Balaban J connectivity index is 1.94. The lowest BCUT2D eigenvalue weighted by atomic mass is 10.0. The highest BCUT2D eigenvalue weighted by Crippen LogP contribution is 2.17. The van der Waals surface area contributed by atoms with Gasteiger partial charge in [-0.1, -0.05) is 26.0 Å². The van der Waals surface area contributed by atoms with E-state index < -0.39 is 12.0 Å². The molecule has 1 heterocycles. The van der Waals surface area contributed by atoms with Crippen molar-refractivity contribution in [2.45, 2.75) is 39.8 Å². The molecule has 0 saturated carbocycles. The van der Waals surface area contributed by atoms with Crippen LogP contribution < -0.4 is 10.1 Å². The van der Waals surface area contributed by atoms with Gasteiger partial charge in [-0.2, -0.15) is 0 Å². The number of carbonyl (C=O) groups excluding carboxylic acids is 2. The molecule has 0 aliphatic heterocycles. The molecule has 0 radical (unpaired) electrons. The minimum Gasteiger partial charge on any atom is -0.487 e. The zero-order valence-corrected chi connectivity index (χ0v) is 17.4. The van der Waals surface area contributed by atoms with E-state index in [4.69, 9.17) is 9.47 Å². The maximum absolute atomic E-state index is 12.2. The maximum atomic E-state index is 12.2. The number of ether oxygens (including phenoxy) is 2. The molecule has 28 heavy (non-hydrogen) atoms. The smallest absolute Gasteiger partial charge is 0.328 e. The van der Waals surface area contributed by atoms with E-state index in [-0.39, 0.29) is 11.8 Å². The minimum absolute atomic E-state index is 0.253. The van der Waals surface area contributed by atoms with Crippen LogP contribution in [0.1, 0.15) is 36.5 Å². The lowest BCUT2D eigenvalue weighted by Gasteiger charge is -2.17. The summed E-state index contributed by atoms with van der Waals surface area (Å²) in [7, 11) is 1.32. The second-order valence-corrected chi connectivity index (χ2v) is 7.83. The van der Waals surface area contributed by atoms with Crippen LogP contribution in [0.15, 0.2) is 35.7 Å². The first-order chi connectivity index (χ1) is 13.4. The van der Waals surface area contributed by atoms with Gasteiger partial charge in [0, 0.05) is 11.5 Å². The number of aryl methyl sites for hydroxylation is 1. The first-order valence-corrected chi connectivity index (χ1v) is 9.95. The lowest BCUT2D eigenvalue weighted by molar-refractivity contribution is -0.145. The van der Waals surface area contributed by atoms with Gasteiger partial charge in [0.1, 0.15) is 18.4 Å². The van der Waals surface area contributed by atoms with E-state index in [1.165, 1.54) is 13.2 Å². The third-order valence-electron chi connectivity index (χ3n) is 3.85. The van der Waals surface area contributed by atoms with Gasteiger partial charge < -0.3 is 14.8 Å². The lowest BCUT2D eigenvalue weighted by Crippen LogP contribution is -2.41. The number of thiazole rings is 1. The molecule has 1 N–H and O–H groups in total. The average Bonchev–Trinajstić information content (AvgIpc) is 3.09. The molecule has 0 fully saturated rings. The number of aromatic nitrogens is 1. The highest BCUT2D eigenvalue weighted by Gasteiger charge is 2.21. The molecule has 0 bridgehead atoms. The largest absolute Gasteiger partial charge is 0.487 e. The van der Waals surface area contributed by atoms with Crippen molar-refractivity contribution in [2.75, 3.05) is 7.11 Å². The summed E-state index contributed by atoms with van der Waals surface area (Å²) in [4.78, 5) is 28.4. The van der Waals surface area contributed by atoms with Crippen molar-refractivity contribution in [2.24, 2.45) is 5.92 Å². The SMILES string of the molecule is COC(=O)C(CC(C)C)NC(=O)/C=C/c1cccc(OCc2csc(C)n2)c1. The van der Waals surface area contributed by atoms with E-state index >= 15 is 0 Å². The molecule has 0 spiro atoms. The number of hydrogen-bond acceptors (Lipinski definition) is 6. The summed E-state index contributed by atoms with van der Waals surface area (Å²) >= 11 is 1.59. The number of nitrogens with zero attached hydrogens (tertiary/aromatic N) is 1. The summed E-state index contributed by atoms with van der Waals surface area (Å²) in [5.41, 5.74) is 1.71. The van der Waals surface area contributed by atoms with Gasteiger partial charge in [0.15, 0.2) is 0 Å². The van der Waals surface area contributed by atoms with Gasteiger partial charge in [-0.25, -0.2) is 9.78 Å². The van der Waals surface area contributed by atoms with Gasteiger partial charge in [0.2, 0.25) is 5.91 Å². The van der Waals surface area contributed by atoms with Crippen molar-refractivity contribution >= 4 is 29.3 Å². The summed E-state index contributed by atoms with van der Waals surface area (Å²) in [5, 5.41) is 5.67. The molecule has 0 aliphatic carbocycles. The predicted octanol–water partition coefficient (Wildman–Crippen LogP) is 3.75. The summed E-state index contributed by atoms with van der Waals surface area (Å²) in [6.45, 7) is 6.32. The van der Waals surface area contributed by atoms with Crippen molar-refractivity contribution in [3.05, 3.63) is 52.0 Å². The summed E-state index contributed by atoms with van der Waals surface area (Å²) < 4.78 is 10.5. The first-order valence-electron chi connectivity index (χ1n) is 9.07.